The van der Waals surface area contributed by atoms with Gasteiger partial charge in [-0.1, -0.05) is 176 Å². The van der Waals surface area contributed by atoms with E-state index >= 15 is 0 Å². The smallest absolute Gasteiger partial charge is 0.164 e. The van der Waals surface area contributed by atoms with Gasteiger partial charge < -0.3 is 4.57 Å². The molecule has 4 aromatic heterocycles. The minimum atomic E-state index is 0.617. The molecule has 0 spiro atoms. The second-order valence-electron chi connectivity index (χ2n) is 16.7. The Balaban J connectivity index is 0.927. The molecule has 7 nitrogen and oxygen atoms in total. The van der Waals surface area contributed by atoms with Gasteiger partial charge >= 0.3 is 0 Å². The van der Waals surface area contributed by atoms with E-state index in [4.69, 9.17) is 29.9 Å². The van der Waals surface area contributed by atoms with Crippen LogP contribution in [-0.2, 0) is 0 Å². The Morgan fingerprint density at radius 3 is 1.32 bits per heavy atom. The van der Waals surface area contributed by atoms with E-state index < -0.39 is 0 Å². The Hall–Kier alpha value is -8.98. The van der Waals surface area contributed by atoms with E-state index in [1.54, 1.807) is 11.3 Å². The lowest BCUT2D eigenvalue weighted by Crippen LogP contribution is -2.01. The maximum atomic E-state index is 5.13. The Kier molecular flexibility index (Phi) is 9.54. The number of nitrogens with zero attached hydrogens (tertiary/aromatic N) is 7. The van der Waals surface area contributed by atoms with Gasteiger partial charge in [0, 0.05) is 70.0 Å². The predicted octanol–water partition coefficient (Wildman–Crippen LogP) is 15.2. The van der Waals surface area contributed by atoms with Crippen LogP contribution in [0, 0.1) is 0 Å². The van der Waals surface area contributed by atoms with Gasteiger partial charge in [0.25, 0.3) is 0 Å². The molecule has 0 unspecified atom stereocenters. The van der Waals surface area contributed by atoms with Crippen molar-refractivity contribution >= 4 is 53.3 Å². The Labute approximate surface area is 395 Å². The fraction of sp³-hybridized carbons (Fsp3) is 0. The molecule has 0 bridgehead atoms. The van der Waals surface area contributed by atoms with E-state index in [9.17, 15) is 0 Å². The first-order valence-corrected chi connectivity index (χ1v) is 23.3. The third kappa shape index (κ3) is 6.99. The van der Waals surface area contributed by atoms with Crippen LogP contribution in [0.25, 0.3) is 127 Å². The highest BCUT2D eigenvalue weighted by Crippen LogP contribution is 2.43. The molecule has 68 heavy (non-hydrogen) atoms. The zero-order valence-corrected chi connectivity index (χ0v) is 37.2. The topological polar surface area (TPSA) is 82.3 Å². The summed E-state index contributed by atoms with van der Waals surface area (Å²) in [7, 11) is 0. The van der Waals surface area contributed by atoms with Gasteiger partial charge in [-0.2, -0.15) is 0 Å². The van der Waals surface area contributed by atoms with Gasteiger partial charge in [-0.25, -0.2) is 29.9 Å². The van der Waals surface area contributed by atoms with Crippen LogP contribution >= 0.6 is 11.3 Å². The summed E-state index contributed by atoms with van der Waals surface area (Å²) in [5, 5.41) is 4.66. The number of hydrogen-bond acceptors (Lipinski definition) is 7. The van der Waals surface area contributed by atoms with Gasteiger partial charge in [0.15, 0.2) is 34.9 Å². The largest absolute Gasteiger partial charge is 0.309 e. The number of fused-ring (bicyclic) bond motifs is 6. The average Bonchev–Trinajstić information content (AvgIpc) is 3.97. The average molecular weight is 888 g/mol. The lowest BCUT2D eigenvalue weighted by Gasteiger charge is -2.12. The van der Waals surface area contributed by atoms with E-state index in [0.717, 1.165) is 66.6 Å². The molecular formula is C60H37N7S. The van der Waals surface area contributed by atoms with E-state index in [0.29, 0.717) is 34.9 Å². The molecule has 9 aromatic carbocycles. The van der Waals surface area contributed by atoms with Crippen molar-refractivity contribution in [3.8, 4) is 85.1 Å². The van der Waals surface area contributed by atoms with Crippen molar-refractivity contribution in [2.75, 3.05) is 0 Å². The molecule has 0 aliphatic rings. The van der Waals surface area contributed by atoms with Crippen LogP contribution in [0.2, 0.25) is 0 Å². The Bertz CT molecular complexity index is 3900. The molecule has 0 saturated heterocycles. The van der Waals surface area contributed by atoms with E-state index in [2.05, 4.69) is 108 Å². The van der Waals surface area contributed by atoms with Gasteiger partial charge in [0.1, 0.15) is 0 Å². The third-order valence-corrected chi connectivity index (χ3v) is 13.6. The molecular weight excluding hydrogens is 851 g/mol. The fourth-order valence-corrected chi connectivity index (χ4v) is 10.4. The van der Waals surface area contributed by atoms with E-state index in [1.165, 1.54) is 25.6 Å². The molecule has 8 heteroatoms. The Morgan fingerprint density at radius 2 is 0.735 bits per heavy atom. The van der Waals surface area contributed by atoms with Gasteiger partial charge in [0.2, 0.25) is 0 Å². The monoisotopic (exact) mass is 887 g/mol. The van der Waals surface area contributed by atoms with Crippen molar-refractivity contribution in [2.45, 2.75) is 0 Å². The number of rotatable bonds is 8. The van der Waals surface area contributed by atoms with Crippen molar-refractivity contribution in [3.05, 3.63) is 224 Å². The van der Waals surface area contributed by atoms with Gasteiger partial charge in [-0.3, -0.25) is 0 Å². The molecule has 0 radical (unpaired) electrons. The summed E-state index contributed by atoms with van der Waals surface area (Å²) in [6.07, 6.45) is 0. The maximum Gasteiger partial charge on any atom is 0.164 e. The van der Waals surface area contributed by atoms with Crippen molar-refractivity contribution in [3.63, 3.8) is 0 Å². The van der Waals surface area contributed by atoms with Crippen molar-refractivity contribution in [2.24, 2.45) is 0 Å². The minimum absolute atomic E-state index is 0.617. The summed E-state index contributed by atoms with van der Waals surface area (Å²) in [5.74, 6) is 3.82. The standard InChI is InChI=1S/C60H37N7S/c1-5-17-38(18-6-1)55-61-56(39-19-7-2-8-20-39)64-59(63-55)44-25-15-26-45(35-44)67-50-29-14-13-27-46(50)48-36-42(31-33-51(48)67)43-32-34-52-49(37-43)54-47(28-16-30-53(54)68-52)60-65-57(40-21-9-3-10-22-40)62-58(66-60)41-23-11-4-12-24-41/h1-37H. The van der Waals surface area contributed by atoms with Gasteiger partial charge in [-0.05, 0) is 59.7 Å². The number of benzene rings is 9. The van der Waals surface area contributed by atoms with E-state index in [1.807, 2.05) is 121 Å². The summed E-state index contributed by atoms with van der Waals surface area (Å²) in [4.78, 5) is 30.2. The van der Waals surface area contributed by atoms with Crippen LogP contribution in [-0.4, -0.2) is 34.5 Å². The first kappa shape index (κ1) is 39.4. The number of hydrogen-bond donors (Lipinski definition) is 0. The maximum absolute atomic E-state index is 5.13. The second-order valence-corrected chi connectivity index (χ2v) is 17.8. The van der Waals surface area contributed by atoms with Crippen LogP contribution in [0.1, 0.15) is 0 Å². The lowest BCUT2D eigenvalue weighted by atomic mass is 9.99. The number of para-hydroxylation sites is 1. The molecule has 0 aliphatic heterocycles. The molecule has 0 atom stereocenters. The van der Waals surface area contributed by atoms with Gasteiger partial charge in [-0.15, -0.1) is 11.3 Å². The highest BCUT2D eigenvalue weighted by Gasteiger charge is 2.20. The van der Waals surface area contributed by atoms with Crippen molar-refractivity contribution < 1.29 is 0 Å². The van der Waals surface area contributed by atoms with Crippen LogP contribution in [0.3, 0.4) is 0 Å². The molecule has 4 heterocycles. The summed E-state index contributed by atoms with van der Waals surface area (Å²) in [6, 6.07) is 77.7. The minimum Gasteiger partial charge on any atom is -0.309 e. The normalized spacial score (nSPS) is 11.5. The zero-order valence-electron chi connectivity index (χ0n) is 36.4. The number of thiophene rings is 1. The SMILES string of the molecule is c1ccc(-c2nc(-c3ccccc3)nc(-c3cccc(-n4c5ccccc5c5cc(-c6ccc7sc8cccc(-c9nc(-c%10ccccc%10)nc(-c%10ccccc%10)n9)c8c7c6)ccc54)c3)n2)cc1. The van der Waals surface area contributed by atoms with Crippen LogP contribution < -0.4 is 0 Å². The first-order chi connectivity index (χ1) is 33.7. The third-order valence-electron chi connectivity index (χ3n) is 12.5. The summed E-state index contributed by atoms with van der Waals surface area (Å²) in [6.45, 7) is 0. The first-order valence-electron chi connectivity index (χ1n) is 22.5. The van der Waals surface area contributed by atoms with Crippen LogP contribution in [0.15, 0.2) is 224 Å². The number of aromatic nitrogens is 7. The summed E-state index contributed by atoms with van der Waals surface area (Å²) < 4.78 is 4.74. The summed E-state index contributed by atoms with van der Waals surface area (Å²) >= 11 is 1.79. The highest BCUT2D eigenvalue weighted by molar-refractivity contribution is 7.26. The molecule has 0 saturated carbocycles. The van der Waals surface area contributed by atoms with Crippen LogP contribution in [0.4, 0.5) is 0 Å². The molecule has 0 aliphatic carbocycles. The highest BCUT2D eigenvalue weighted by atomic mass is 32.1. The molecule has 0 fully saturated rings. The quantitative estimate of drug-likeness (QED) is 0.151. The Morgan fingerprint density at radius 1 is 0.279 bits per heavy atom. The van der Waals surface area contributed by atoms with Gasteiger partial charge in [0.05, 0.1) is 11.0 Å². The van der Waals surface area contributed by atoms with Crippen LogP contribution in [0.5, 0.6) is 0 Å². The molecule has 318 valence electrons. The summed E-state index contributed by atoms with van der Waals surface area (Å²) in [5.41, 5.74) is 11.2. The molecule has 13 aromatic rings. The zero-order chi connectivity index (χ0) is 45.0. The molecule has 0 amide bonds. The van der Waals surface area contributed by atoms with Crippen molar-refractivity contribution in [1.82, 2.24) is 34.5 Å². The lowest BCUT2D eigenvalue weighted by molar-refractivity contribution is 1.07. The van der Waals surface area contributed by atoms with E-state index in [-0.39, 0.29) is 0 Å². The van der Waals surface area contributed by atoms with Crippen molar-refractivity contribution in [1.29, 1.82) is 0 Å². The molecule has 0 N–H and O–H groups in total. The fourth-order valence-electron chi connectivity index (χ4n) is 9.27. The molecule has 13 rings (SSSR count). The second kappa shape index (κ2) is 16.5. The predicted molar refractivity (Wildman–Crippen MR) is 278 cm³/mol.